The number of hydrogen-bond acceptors (Lipinski definition) is 5. The number of phenols is 1. The van der Waals surface area contributed by atoms with E-state index in [1.165, 1.54) is 39.2 Å². The number of rotatable bonds is 6. The Hall–Kier alpha value is -3.13. The minimum absolute atomic E-state index is 0.0220. The Morgan fingerprint density at radius 2 is 1.88 bits per heavy atom. The van der Waals surface area contributed by atoms with Crippen LogP contribution in [0.5, 0.6) is 5.75 Å². The molecule has 2 aromatic rings. The zero-order valence-corrected chi connectivity index (χ0v) is 18.9. The summed E-state index contributed by atoms with van der Waals surface area (Å²) in [6, 6.07) is 3.64. The van der Waals surface area contributed by atoms with E-state index >= 15 is 8.78 Å². The van der Waals surface area contributed by atoms with Gasteiger partial charge in [-0.2, -0.15) is 0 Å². The number of alkyl halides is 1. The molecule has 1 aliphatic rings. The van der Waals surface area contributed by atoms with E-state index < -0.39 is 29.3 Å². The van der Waals surface area contributed by atoms with Crippen LogP contribution in [-0.2, 0) is 16.0 Å². The van der Waals surface area contributed by atoms with Gasteiger partial charge in [-0.25, -0.2) is 18.0 Å². The van der Waals surface area contributed by atoms with E-state index in [9.17, 15) is 19.1 Å². The third-order valence-corrected chi connectivity index (χ3v) is 5.67. The van der Waals surface area contributed by atoms with Crippen LogP contribution >= 0.6 is 0 Å². The first-order valence-corrected chi connectivity index (χ1v) is 10.5. The van der Waals surface area contributed by atoms with E-state index in [1.807, 2.05) is 6.92 Å². The van der Waals surface area contributed by atoms with Crippen molar-refractivity contribution in [2.45, 2.75) is 44.9 Å². The van der Waals surface area contributed by atoms with Gasteiger partial charge < -0.3 is 9.84 Å². The second kappa shape index (κ2) is 9.39. The highest BCUT2D eigenvalue weighted by atomic mass is 19.1. The number of halogens is 3. The smallest absolute Gasteiger partial charge is 0.330 e. The van der Waals surface area contributed by atoms with Gasteiger partial charge in [0, 0.05) is 24.2 Å². The van der Waals surface area contributed by atoms with Crippen LogP contribution in [0.3, 0.4) is 0 Å². The number of ether oxygens (including phenoxy) is 1. The molecule has 1 heterocycles. The third kappa shape index (κ3) is 5.27. The summed E-state index contributed by atoms with van der Waals surface area (Å²) in [5, 5.41) is 10.1. The average Bonchev–Trinajstić information content (AvgIpc) is 2.72. The molecule has 8 heteroatoms. The van der Waals surface area contributed by atoms with Crippen LogP contribution in [0.4, 0.5) is 13.2 Å². The number of phenolic OH excluding ortho intramolecular Hbond substituents is 1. The number of aromatic hydroxyl groups is 1. The second-order valence-corrected chi connectivity index (χ2v) is 8.83. The molecule has 0 fully saturated rings. The zero-order chi connectivity index (χ0) is 24.5. The van der Waals surface area contributed by atoms with Gasteiger partial charge in [-0.05, 0) is 74.2 Å². The van der Waals surface area contributed by atoms with Gasteiger partial charge in [-0.1, -0.05) is 0 Å². The predicted molar refractivity (Wildman–Crippen MR) is 118 cm³/mol. The number of esters is 1. The van der Waals surface area contributed by atoms with Crippen molar-refractivity contribution in [3.8, 4) is 5.75 Å². The van der Waals surface area contributed by atoms with Crippen molar-refractivity contribution in [1.29, 1.82) is 0 Å². The Balaban J connectivity index is 2.21. The van der Waals surface area contributed by atoms with Crippen LogP contribution in [0.25, 0.3) is 6.08 Å². The van der Waals surface area contributed by atoms with E-state index in [2.05, 4.69) is 4.74 Å². The maximum absolute atomic E-state index is 15.4. The molecule has 3 rings (SSSR count). The number of methoxy groups -OCH3 is 1. The topological polar surface area (TPSA) is 66.8 Å². The first kappa shape index (κ1) is 24.5. The lowest BCUT2D eigenvalue weighted by Gasteiger charge is -2.44. The molecule has 2 aromatic carbocycles. The van der Waals surface area contributed by atoms with Crippen molar-refractivity contribution in [3.63, 3.8) is 0 Å². The maximum Gasteiger partial charge on any atom is 0.330 e. The molecule has 2 atom stereocenters. The molecule has 0 spiro atoms. The molecule has 0 aliphatic carbocycles. The van der Waals surface area contributed by atoms with Gasteiger partial charge in [0.15, 0.2) is 6.29 Å². The minimum atomic E-state index is -1.66. The average molecular weight is 461 g/mol. The zero-order valence-electron chi connectivity index (χ0n) is 18.9. The van der Waals surface area contributed by atoms with Crippen molar-refractivity contribution in [2.75, 3.05) is 13.7 Å². The van der Waals surface area contributed by atoms with E-state index in [0.29, 0.717) is 23.8 Å². The van der Waals surface area contributed by atoms with Crippen molar-refractivity contribution in [3.05, 3.63) is 69.8 Å². The molecular formula is C25H26F3NO4. The van der Waals surface area contributed by atoms with E-state index in [-0.39, 0.29) is 35.0 Å². The molecule has 33 heavy (non-hydrogen) atoms. The van der Waals surface area contributed by atoms with Gasteiger partial charge in [0.25, 0.3) is 0 Å². The van der Waals surface area contributed by atoms with Crippen LogP contribution < -0.4 is 0 Å². The van der Waals surface area contributed by atoms with Crippen molar-refractivity contribution >= 4 is 18.3 Å². The lowest BCUT2D eigenvalue weighted by molar-refractivity contribution is -0.134. The molecule has 0 saturated heterocycles. The number of carbonyl (C=O) groups is 2. The van der Waals surface area contributed by atoms with Crippen LogP contribution in [0.1, 0.15) is 59.4 Å². The Morgan fingerprint density at radius 1 is 1.24 bits per heavy atom. The molecule has 0 saturated carbocycles. The fourth-order valence-electron chi connectivity index (χ4n) is 4.26. The van der Waals surface area contributed by atoms with Crippen molar-refractivity contribution in [1.82, 2.24) is 4.90 Å². The molecule has 0 radical (unpaired) electrons. The summed E-state index contributed by atoms with van der Waals surface area (Å²) in [5.41, 5.74) is -0.828. The highest BCUT2D eigenvalue weighted by Crippen LogP contribution is 2.43. The van der Waals surface area contributed by atoms with Crippen LogP contribution in [0.2, 0.25) is 0 Å². The van der Waals surface area contributed by atoms with Gasteiger partial charge in [-0.15, -0.1) is 0 Å². The number of carbonyl (C=O) groups excluding carboxylic acids is 2. The largest absolute Gasteiger partial charge is 0.507 e. The summed E-state index contributed by atoms with van der Waals surface area (Å²) in [6.07, 6.45) is 3.13. The number of hydrogen-bond donors (Lipinski definition) is 1. The summed E-state index contributed by atoms with van der Waals surface area (Å²) >= 11 is 0. The highest BCUT2D eigenvalue weighted by Gasteiger charge is 2.39. The Kier molecular flexibility index (Phi) is 6.97. The predicted octanol–water partition coefficient (Wildman–Crippen LogP) is 4.75. The molecule has 176 valence electrons. The summed E-state index contributed by atoms with van der Waals surface area (Å²) in [7, 11) is 1.19. The second-order valence-electron chi connectivity index (χ2n) is 8.83. The fourth-order valence-corrected chi connectivity index (χ4v) is 4.26. The quantitative estimate of drug-likeness (QED) is 0.382. The summed E-state index contributed by atoms with van der Waals surface area (Å²) < 4.78 is 49.9. The van der Waals surface area contributed by atoms with Gasteiger partial charge in [0.2, 0.25) is 0 Å². The number of benzene rings is 2. The van der Waals surface area contributed by atoms with Crippen LogP contribution in [-0.4, -0.2) is 47.6 Å². The summed E-state index contributed by atoms with van der Waals surface area (Å²) in [4.78, 5) is 24.4. The Bertz CT molecular complexity index is 1080. The van der Waals surface area contributed by atoms with E-state index in [0.717, 1.165) is 18.2 Å². The first-order valence-electron chi connectivity index (χ1n) is 10.5. The molecule has 1 N–H and O–H groups in total. The van der Waals surface area contributed by atoms with Gasteiger partial charge in [-0.3, -0.25) is 9.69 Å². The van der Waals surface area contributed by atoms with Gasteiger partial charge in [0.1, 0.15) is 23.1 Å². The molecule has 5 nitrogen and oxygen atoms in total. The maximum atomic E-state index is 15.4. The van der Waals surface area contributed by atoms with E-state index in [1.54, 1.807) is 4.90 Å². The molecule has 0 bridgehead atoms. The third-order valence-electron chi connectivity index (χ3n) is 5.67. The number of aldehydes is 1. The first-order chi connectivity index (χ1) is 15.4. The standard InChI is InChI=1S/C25H26F3NO4/c1-14-7-16-11-21(31)17(12-30)10-18(16)24(29(14)13-25(2,3)28)23-19(26)8-15(9-20(23)27)5-6-22(32)33-4/h5-6,8-12,14,24,31H,7,13H2,1-4H3/b6-5+/t14-,24+/m0/s1. The molecule has 0 aromatic heterocycles. The SMILES string of the molecule is COC(=O)/C=C/c1cc(F)c([C@H]2c3cc(C=O)c(O)cc3C[C@H](C)N2CC(C)(C)F)c(F)c1. The normalized spacial score (nSPS) is 18.9. The van der Waals surface area contributed by atoms with Crippen molar-refractivity contribution in [2.24, 2.45) is 0 Å². The summed E-state index contributed by atoms with van der Waals surface area (Å²) in [6.45, 7) is 4.47. The Labute approximate surface area is 190 Å². The van der Waals surface area contributed by atoms with Gasteiger partial charge >= 0.3 is 5.97 Å². The lowest BCUT2D eigenvalue weighted by Crippen LogP contribution is -2.48. The number of nitrogens with zero attached hydrogens (tertiary/aromatic N) is 1. The fraction of sp³-hybridized carbons (Fsp3) is 0.360. The molecule has 0 amide bonds. The number of fused-ring (bicyclic) bond motifs is 1. The van der Waals surface area contributed by atoms with Crippen molar-refractivity contribution < 1.29 is 32.6 Å². The molecule has 0 unspecified atom stereocenters. The van der Waals surface area contributed by atoms with E-state index in [4.69, 9.17) is 0 Å². The molecule has 1 aliphatic heterocycles. The van der Waals surface area contributed by atoms with Crippen LogP contribution in [0, 0.1) is 11.6 Å². The minimum Gasteiger partial charge on any atom is -0.507 e. The Morgan fingerprint density at radius 3 is 2.42 bits per heavy atom. The van der Waals surface area contributed by atoms with Gasteiger partial charge in [0.05, 0.1) is 18.7 Å². The highest BCUT2D eigenvalue weighted by molar-refractivity contribution is 5.87. The monoisotopic (exact) mass is 461 g/mol. The molecular weight excluding hydrogens is 435 g/mol. The van der Waals surface area contributed by atoms with Crippen LogP contribution in [0.15, 0.2) is 30.3 Å². The summed E-state index contributed by atoms with van der Waals surface area (Å²) in [5.74, 6) is -2.66. The lowest BCUT2D eigenvalue weighted by atomic mass is 9.82.